The first kappa shape index (κ1) is 10.9. The maximum absolute atomic E-state index is 5.52. The lowest BCUT2D eigenvalue weighted by Crippen LogP contribution is -2.10. The van der Waals surface area contributed by atoms with Crippen LogP contribution in [0.4, 0.5) is 0 Å². The molecule has 2 aromatic heterocycles. The summed E-state index contributed by atoms with van der Waals surface area (Å²) in [6, 6.07) is 3.78. The first-order chi connectivity index (χ1) is 7.83. The molecule has 5 nitrogen and oxygen atoms in total. The molecule has 0 aliphatic heterocycles. The highest BCUT2D eigenvalue weighted by Gasteiger charge is 2.12. The maximum Gasteiger partial charge on any atom is 0.293 e. The van der Waals surface area contributed by atoms with Gasteiger partial charge >= 0.3 is 0 Å². The predicted octanol–water partition coefficient (Wildman–Crippen LogP) is 1.65. The van der Waals surface area contributed by atoms with Crippen molar-refractivity contribution in [3.05, 3.63) is 23.7 Å². The van der Waals surface area contributed by atoms with Crippen LogP contribution in [0.1, 0.15) is 18.5 Å². The van der Waals surface area contributed by atoms with Crippen LogP contribution in [0.3, 0.4) is 0 Å². The molecule has 0 aliphatic carbocycles. The Hall–Kier alpha value is -1.62. The van der Waals surface area contributed by atoms with Crippen LogP contribution < -0.4 is 5.32 Å². The SMILES string of the molecule is CCc1ccc(-c2nc(CCNC)no2)o1. The normalized spacial score (nSPS) is 10.9. The Labute approximate surface area is 93.8 Å². The van der Waals surface area contributed by atoms with E-state index >= 15 is 0 Å². The molecule has 0 spiro atoms. The molecule has 0 amide bonds. The Kier molecular flexibility index (Phi) is 3.36. The van der Waals surface area contributed by atoms with E-state index in [-0.39, 0.29) is 0 Å². The Morgan fingerprint density at radius 3 is 2.94 bits per heavy atom. The third-order valence-corrected chi connectivity index (χ3v) is 2.29. The lowest BCUT2D eigenvalue weighted by Gasteiger charge is -1.90. The van der Waals surface area contributed by atoms with Crippen molar-refractivity contribution < 1.29 is 8.94 Å². The van der Waals surface area contributed by atoms with Gasteiger partial charge in [0.05, 0.1) is 0 Å². The van der Waals surface area contributed by atoms with Crippen LogP contribution in [0, 0.1) is 0 Å². The smallest absolute Gasteiger partial charge is 0.293 e. The summed E-state index contributed by atoms with van der Waals surface area (Å²) in [5, 5.41) is 6.91. The van der Waals surface area contributed by atoms with Gasteiger partial charge in [-0.15, -0.1) is 0 Å². The fourth-order valence-corrected chi connectivity index (χ4v) is 1.38. The third-order valence-electron chi connectivity index (χ3n) is 2.29. The number of hydrogen-bond donors (Lipinski definition) is 1. The Morgan fingerprint density at radius 2 is 2.25 bits per heavy atom. The van der Waals surface area contributed by atoms with Crippen molar-refractivity contribution in [3.63, 3.8) is 0 Å². The number of nitrogens with zero attached hydrogens (tertiary/aromatic N) is 2. The Balaban J connectivity index is 2.11. The lowest BCUT2D eigenvalue weighted by atomic mass is 10.3. The van der Waals surface area contributed by atoms with E-state index in [9.17, 15) is 0 Å². The Morgan fingerprint density at radius 1 is 1.38 bits per heavy atom. The summed E-state index contributed by atoms with van der Waals surface area (Å²) in [4.78, 5) is 4.25. The van der Waals surface area contributed by atoms with Crippen molar-refractivity contribution >= 4 is 0 Å². The van der Waals surface area contributed by atoms with Crippen LogP contribution in [0.2, 0.25) is 0 Å². The minimum Gasteiger partial charge on any atom is -0.456 e. The number of aryl methyl sites for hydroxylation is 1. The molecule has 86 valence electrons. The zero-order valence-corrected chi connectivity index (χ0v) is 9.49. The Bertz CT molecular complexity index is 448. The standard InChI is InChI=1S/C11H15N3O2/c1-3-8-4-5-9(15-8)11-13-10(14-16-11)6-7-12-2/h4-5,12H,3,6-7H2,1-2H3. The fourth-order valence-electron chi connectivity index (χ4n) is 1.38. The molecule has 0 radical (unpaired) electrons. The van der Waals surface area contributed by atoms with Crippen LogP contribution in [0.15, 0.2) is 21.1 Å². The second-order valence-electron chi connectivity index (χ2n) is 3.49. The van der Waals surface area contributed by atoms with Crippen molar-refractivity contribution in [2.75, 3.05) is 13.6 Å². The second-order valence-corrected chi connectivity index (χ2v) is 3.49. The number of likely N-dealkylation sites (N-methyl/N-ethyl adjacent to an activating group) is 1. The number of aromatic nitrogens is 2. The predicted molar refractivity (Wildman–Crippen MR) is 59.0 cm³/mol. The highest BCUT2D eigenvalue weighted by molar-refractivity contribution is 5.44. The van der Waals surface area contributed by atoms with Crippen molar-refractivity contribution in [1.82, 2.24) is 15.5 Å². The summed E-state index contributed by atoms with van der Waals surface area (Å²) >= 11 is 0. The number of furan rings is 1. The largest absolute Gasteiger partial charge is 0.456 e. The van der Waals surface area contributed by atoms with Gasteiger partial charge in [0.2, 0.25) is 0 Å². The van der Waals surface area contributed by atoms with E-state index < -0.39 is 0 Å². The molecule has 16 heavy (non-hydrogen) atoms. The highest BCUT2D eigenvalue weighted by atomic mass is 16.5. The maximum atomic E-state index is 5.52. The van der Waals surface area contributed by atoms with Crippen LogP contribution >= 0.6 is 0 Å². The van der Waals surface area contributed by atoms with E-state index in [1.807, 2.05) is 26.1 Å². The summed E-state index contributed by atoms with van der Waals surface area (Å²) in [5.74, 6) is 2.70. The number of rotatable bonds is 5. The fraction of sp³-hybridized carbons (Fsp3) is 0.455. The summed E-state index contributed by atoms with van der Waals surface area (Å²) in [6.07, 6.45) is 1.61. The van der Waals surface area contributed by atoms with Crippen LogP contribution in [-0.2, 0) is 12.8 Å². The minimum atomic E-state index is 0.450. The van der Waals surface area contributed by atoms with Gasteiger partial charge in [0.25, 0.3) is 5.89 Å². The summed E-state index contributed by atoms with van der Waals surface area (Å²) in [6.45, 7) is 2.87. The molecular formula is C11H15N3O2. The van der Waals surface area contributed by atoms with Gasteiger partial charge in [0.1, 0.15) is 5.76 Å². The van der Waals surface area contributed by atoms with Crippen molar-refractivity contribution in [2.24, 2.45) is 0 Å². The van der Waals surface area contributed by atoms with Gasteiger partial charge in [-0.3, -0.25) is 0 Å². The molecule has 2 heterocycles. The molecule has 0 saturated heterocycles. The van der Waals surface area contributed by atoms with Crippen molar-refractivity contribution in [3.8, 4) is 11.7 Å². The van der Waals surface area contributed by atoms with Gasteiger partial charge in [-0.1, -0.05) is 12.1 Å². The van der Waals surface area contributed by atoms with Crippen molar-refractivity contribution in [2.45, 2.75) is 19.8 Å². The topological polar surface area (TPSA) is 64.1 Å². The van der Waals surface area contributed by atoms with Gasteiger partial charge in [0, 0.05) is 19.4 Å². The zero-order valence-electron chi connectivity index (χ0n) is 9.49. The summed E-state index contributed by atoms with van der Waals surface area (Å²) in [7, 11) is 1.89. The van der Waals surface area contributed by atoms with Crippen LogP contribution in [0.5, 0.6) is 0 Å². The first-order valence-electron chi connectivity index (χ1n) is 5.39. The summed E-state index contributed by atoms with van der Waals surface area (Å²) in [5.41, 5.74) is 0. The van der Waals surface area contributed by atoms with Gasteiger partial charge < -0.3 is 14.3 Å². The van der Waals surface area contributed by atoms with Gasteiger partial charge in [-0.2, -0.15) is 4.98 Å². The molecule has 1 N–H and O–H groups in total. The molecule has 0 unspecified atom stereocenters. The molecule has 0 fully saturated rings. The monoisotopic (exact) mass is 221 g/mol. The number of nitrogens with one attached hydrogen (secondary N) is 1. The van der Waals surface area contributed by atoms with Crippen molar-refractivity contribution in [1.29, 1.82) is 0 Å². The van der Waals surface area contributed by atoms with Crippen LogP contribution in [-0.4, -0.2) is 23.7 Å². The molecule has 5 heteroatoms. The van der Waals surface area contributed by atoms with E-state index in [4.69, 9.17) is 8.94 Å². The lowest BCUT2D eigenvalue weighted by molar-refractivity contribution is 0.405. The highest BCUT2D eigenvalue weighted by Crippen LogP contribution is 2.20. The molecule has 0 aliphatic rings. The summed E-state index contributed by atoms with van der Waals surface area (Å²) < 4.78 is 10.6. The molecular weight excluding hydrogens is 206 g/mol. The molecule has 0 atom stereocenters. The van der Waals surface area contributed by atoms with E-state index in [0.29, 0.717) is 17.5 Å². The van der Waals surface area contributed by atoms with E-state index in [1.54, 1.807) is 0 Å². The molecule has 2 aromatic rings. The minimum absolute atomic E-state index is 0.450. The van der Waals surface area contributed by atoms with Gasteiger partial charge in [-0.05, 0) is 19.2 Å². The average molecular weight is 221 g/mol. The zero-order chi connectivity index (χ0) is 11.4. The van der Waals surface area contributed by atoms with E-state index in [0.717, 1.165) is 25.1 Å². The molecule has 2 rings (SSSR count). The van der Waals surface area contributed by atoms with Crippen LogP contribution in [0.25, 0.3) is 11.7 Å². The van der Waals surface area contributed by atoms with Gasteiger partial charge in [0.15, 0.2) is 11.6 Å². The molecule has 0 bridgehead atoms. The van der Waals surface area contributed by atoms with Gasteiger partial charge in [-0.25, -0.2) is 0 Å². The first-order valence-corrected chi connectivity index (χ1v) is 5.39. The second kappa shape index (κ2) is 4.94. The van der Waals surface area contributed by atoms with E-state index in [1.165, 1.54) is 0 Å². The van der Waals surface area contributed by atoms with E-state index in [2.05, 4.69) is 15.5 Å². The average Bonchev–Trinajstić information content (AvgIpc) is 2.94. The third kappa shape index (κ3) is 2.30. The quantitative estimate of drug-likeness (QED) is 0.831. The molecule has 0 aromatic carbocycles. The number of hydrogen-bond acceptors (Lipinski definition) is 5. The molecule has 0 saturated carbocycles.